The van der Waals surface area contributed by atoms with Gasteiger partial charge in [0, 0.05) is 12.6 Å². The van der Waals surface area contributed by atoms with Gasteiger partial charge in [-0.2, -0.15) is 9.61 Å². The highest BCUT2D eigenvalue weighted by molar-refractivity contribution is 5.47. The summed E-state index contributed by atoms with van der Waals surface area (Å²) < 4.78 is 3.42. The lowest BCUT2D eigenvalue weighted by Crippen LogP contribution is -2.38. The fourth-order valence-corrected chi connectivity index (χ4v) is 4.14. The van der Waals surface area contributed by atoms with Crippen LogP contribution in [0.2, 0.25) is 0 Å². The van der Waals surface area contributed by atoms with E-state index in [1.165, 1.54) is 0 Å². The first-order chi connectivity index (χ1) is 12.7. The number of hydrogen-bond acceptors (Lipinski definition) is 6. The largest absolute Gasteiger partial charge is 0.350 e. The number of aromatic nitrogens is 6. The predicted octanol–water partition coefficient (Wildman–Crippen LogP) is 1.15. The van der Waals surface area contributed by atoms with Crippen LogP contribution in [0.5, 0.6) is 0 Å². The highest BCUT2D eigenvalue weighted by Crippen LogP contribution is 2.25. The summed E-state index contributed by atoms with van der Waals surface area (Å²) in [5.74, 6) is 1.67. The predicted molar refractivity (Wildman–Crippen MR) is 96.4 cm³/mol. The molecule has 1 aliphatic heterocycles. The lowest BCUT2D eigenvalue weighted by molar-refractivity contribution is 0.480. The van der Waals surface area contributed by atoms with Gasteiger partial charge in [-0.1, -0.05) is 0 Å². The van der Waals surface area contributed by atoms with Gasteiger partial charge in [0.25, 0.3) is 5.56 Å². The molecule has 134 valence electrons. The van der Waals surface area contributed by atoms with Gasteiger partial charge in [-0.05, 0) is 56.7 Å². The Balaban J connectivity index is 1.45. The van der Waals surface area contributed by atoms with Crippen molar-refractivity contribution in [2.45, 2.75) is 51.6 Å². The molecule has 0 aromatic carbocycles. The van der Waals surface area contributed by atoms with Crippen molar-refractivity contribution in [1.82, 2.24) is 29.6 Å². The molecule has 0 amide bonds. The number of hydrogen-bond donors (Lipinski definition) is 0. The van der Waals surface area contributed by atoms with E-state index in [2.05, 4.69) is 20.2 Å². The van der Waals surface area contributed by atoms with Crippen molar-refractivity contribution in [1.29, 1.82) is 0 Å². The van der Waals surface area contributed by atoms with Gasteiger partial charge >= 0.3 is 0 Å². The zero-order valence-electron chi connectivity index (χ0n) is 14.8. The number of anilines is 1. The van der Waals surface area contributed by atoms with Crippen molar-refractivity contribution in [3.63, 3.8) is 0 Å². The van der Waals surface area contributed by atoms with Crippen LogP contribution >= 0.6 is 0 Å². The molecule has 1 fully saturated rings. The van der Waals surface area contributed by atoms with Crippen molar-refractivity contribution < 1.29 is 0 Å². The van der Waals surface area contributed by atoms with Crippen LogP contribution in [-0.4, -0.2) is 42.2 Å². The highest BCUT2D eigenvalue weighted by atomic mass is 16.1. The summed E-state index contributed by atoms with van der Waals surface area (Å²) in [5.41, 5.74) is 2.98. The van der Waals surface area contributed by atoms with Gasteiger partial charge in [-0.15, -0.1) is 15.3 Å². The molecule has 1 saturated heterocycles. The summed E-state index contributed by atoms with van der Waals surface area (Å²) in [6, 6.07) is 5.93. The monoisotopic (exact) mass is 351 g/mol. The second-order valence-corrected chi connectivity index (χ2v) is 7.19. The smallest absolute Gasteiger partial charge is 0.267 e. The maximum Gasteiger partial charge on any atom is 0.267 e. The van der Waals surface area contributed by atoms with Gasteiger partial charge in [0.15, 0.2) is 11.5 Å². The summed E-state index contributed by atoms with van der Waals surface area (Å²) in [7, 11) is 0. The Morgan fingerprint density at radius 2 is 2.08 bits per heavy atom. The molecule has 26 heavy (non-hydrogen) atoms. The van der Waals surface area contributed by atoms with E-state index in [4.69, 9.17) is 5.10 Å². The van der Waals surface area contributed by atoms with Gasteiger partial charge in [-0.3, -0.25) is 4.79 Å². The summed E-state index contributed by atoms with van der Waals surface area (Å²) >= 11 is 0. The molecular formula is C18H21N7O. The minimum absolute atomic E-state index is 0.00978. The SMILES string of the molecule is Cc1nnc2ccc(N3CCCC3Cn3nc4c(cc3=O)CCC4)nn12. The van der Waals surface area contributed by atoms with Gasteiger partial charge in [0.2, 0.25) is 0 Å². The second-order valence-electron chi connectivity index (χ2n) is 7.19. The minimum atomic E-state index is 0.00978. The Bertz CT molecular complexity index is 1040. The Labute approximate surface area is 150 Å². The first-order valence-corrected chi connectivity index (χ1v) is 9.25. The molecule has 0 saturated carbocycles. The van der Waals surface area contributed by atoms with Crippen LogP contribution in [0, 0.1) is 6.92 Å². The number of rotatable bonds is 3. The Morgan fingerprint density at radius 1 is 1.15 bits per heavy atom. The first kappa shape index (κ1) is 15.5. The minimum Gasteiger partial charge on any atom is -0.350 e. The van der Waals surface area contributed by atoms with E-state index in [-0.39, 0.29) is 11.6 Å². The molecule has 0 radical (unpaired) electrons. The van der Waals surface area contributed by atoms with E-state index < -0.39 is 0 Å². The fourth-order valence-electron chi connectivity index (χ4n) is 4.14. The molecule has 4 heterocycles. The van der Waals surface area contributed by atoms with Crippen molar-refractivity contribution in [2.24, 2.45) is 0 Å². The summed E-state index contributed by atoms with van der Waals surface area (Å²) in [6.45, 7) is 3.43. The van der Waals surface area contributed by atoms with E-state index in [1.807, 2.05) is 19.1 Å². The normalized spacial score (nSPS) is 19.4. The zero-order valence-corrected chi connectivity index (χ0v) is 14.8. The van der Waals surface area contributed by atoms with Gasteiger partial charge < -0.3 is 4.90 Å². The number of fused-ring (bicyclic) bond motifs is 2. The third-order valence-electron chi connectivity index (χ3n) is 5.48. The maximum absolute atomic E-state index is 12.4. The average Bonchev–Trinajstić information content (AvgIpc) is 3.36. The molecule has 8 heteroatoms. The number of nitrogens with zero attached hydrogens (tertiary/aromatic N) is 7. The molecule has 8 nitrogen and oxygen atoms in total. The molecule has 5 rings (SSSR count). The van der Waals surface area contributed by atoms with E-state index in [0.29, 0.717) is 6.54 Å². The lowest BCUT2D eigenvalue weighted by Gasteiger charge is -2.25. The average molecular weight is 351 g/mol. The maximum atomic E-state index is 12.4. The molecule has 0 N–H and O–H groups in total. The van der Waals surface area contributed by atoms with E-state index >= 15 is 0 Å². The Kier molecular flexibility index (Phi) is 3.51. The lowest BCUT2D eigenvalue weighted by atomic mass is 10.2. The standard InChI is InChI=1S/C18H21N7O/c1-12-19-20-16-7-8-17(22-25(12)16)23-9-3-5-14(23)11-24-18(26)10-13-4-2-6-15(13)21-24/h7-8,10,14H,2-6,9,11H2,1H3. The van der Waals surface area contributed by atoms with E-state index in [0.717, 1.165) is 67.2 Å². The Morgan fingerprint density at radius 3 is 3.00 bits per heavy atom. The first-order valence-electron chi connectivity index (χ1n) is 9.25. The molecule has 0 spiro atoms. The van der Waals surface area contributed by atoms with Crippen molar-refractivity contribution >= 4 is 11.5 Å². The topological polar surface area (TPSA) is 81.2 Å². The molecule has 3 aromatic rings. The third kappa shape index (κ3) is 2.48. The summed E-state index contributed by atoms with van der Waals surface area (Å²) in [6.07, 6.45) is 5.19. The van der Waals surface area contributed by atoms with Crippen molar-refractivity contribution in [3.8, 4) is 0 Å². The zero-order chi connectivity index (χ0) is 17.7. The van der Waals surface area contributed by atoms with Crippen LogP contribution in [0.15, 0.2) is 23.0 Å². The molecule has 0 bridgehead atoms. The summed E-state index contributed by atoms with van der Waals surface area (Å²) in [5, 5.41) is 17.5. The summed E-state index contributed by atoms with van der Waals surface area (Å²) in [4.78, 5) is 14.7. The van der Waals surface area contributed by atoms with Gasteiger partial charge in [0.05, 0.1) is 18.3 Å². The number of aryl methyl sites for hydroxylation is 3. The van der Waals surface area contributed by atoms with Gasteiger partial charge in [-0.25, -0.2) is 4.68 Å². The van der Waals surface area contributed by atoms with Gasteiger partial charge in [0.1, 0.15) is 5.82 Å². The van der Waals surface area contributed by atoms with Crippen LogP contribution in [-0.2, 0) is 19.4 Å². The molecule has 1 atom stereocenters. The molecule has 1 aliphatic carbocycles. The molecular weight excluding hydrogens is 330 g/mol. The van der Waals surface area contributed by atoms with Crippen LogP contribution in [0.25, 0.3) is 5.65 Å². The van der Waals surface area contributed by atoms with Crippen LogP contribution in [0.4, 0.5) is 5.82 Å². The highest BCUT2D eigenvalue weighted by Gasteiger charge is 2.28. The van der Waals surface area contributed by atoms with E-state index in [9.17, 15) is 4.79 Å². The molecule has 3 aromatic heterocycles. The van der Waals surface area contributed by atoms with Crippen molar-refractivity contribution in [3.05, 3.63) is 45.6 Å². The van der Waals surface area contributed by atoms with E-state index in [1.54, 1.807) is 15.3 Å². The quantitative estimate of drug-likeness (QED) is 0.704. The van der Waals surface area contributed by atoms with Crippen LogP contribution < -0.4 is 10.5 Å². The Hall–Kier alpha value is -2.77. The van der Waals surface area contributed by atoms with Crippen LogP contribution in [0.1, 0.15) is 36.3 Å². The fraction of sp³-hybridized carbons (Fsp3) is 0.500. The second kappa shape index (κ2) is 5.89. The van der Waals surface area contributed by atoms with Crippen LogP contribution in [0.3, 0.4) is 0 Å². The van der Waals surface area contributed by atoms with Crippen molar-refractivity contribution in [2.75, 3.05) is 11.4 Å². The molecule has 2 aliphatic rings. The third-order valence-corrected chi connectivity index (χ3v) is 5.48. The molecule has 1 unspecified atom stereocenters.